The fourth-order valence-electron chi connectivity index (χ4n) is 1.83. The van der Waals surface area contributed by atoms with Crippen molar-refractivity contribution in [2.24, 2.45) is 5.92 Å². The molecule has 1 amide bonds. The summed E-state index contributed by atoms with van der Waals surface area (Å²) in [5, 5.41) is 2.72. The van der Waals surface area contributed by atoms with Gasteiger partial charge in [0.25, 0.3) is 0 Å². The van der Waals surface area contributed by atoms with E-state index in [2.05, 4.69) is 5.32 Å². The van der Waals surface area contributed by atoms with Gasteiger partial charge >= 0.3 is 0 Å². The van der Waals surface area contributed by atoms with Crippen molar-refractivity contribution in [2.75, 3.05) is 6.54 Å². The molecule has 1 atom stereocenters. The highest BCUT2D eigenvalue weighted by Gasteiger charge is 2.29. The van der Waals surface area contributed by atoms with E-state index in [0.717, 1.165) is 6.42 Å². The molecule has 0 bridgehead atoms. The maximum atomic E-state index is 11.9. The average molecular weight is 203 g/mol. The van der Waals surface area contributed by atoms with E-state index in [1.807, 2.05) is 18.2 Å². The number of benzene rings is 1. The second-order valence-corrected chi connectivity index (χ2v) is 3.72. The molecule has 3 heteroatoms. The first-order valence-corrected chi connectivity index (χ1v) is 5.16. The molecule has 0 saturated carbocycles. The van der Waals surface area contributed by atoms with Gasteiger partial charge in [0.1, 0.15) is 5.92 Å². The van der Waals surface area contributed by atoms with Crippen molar-refractivity contribution in [2.45, 2.75) is 12.8 Å². The summed E-state index contributed by atoms with van der Waals surface area (Å²) >= 11 is 0. The number of hydrogen-bond donors (Lipinski definition) is 1. The number of ketones is 1. The maximum Gasteiger partial charge on any atom is 0.230 e. The Hall–Kier alpha value is -1.64. The lowest BCUT2D eigenvalue weighted by Crippen LogP contribution is -2.40. The molecule has 2 rings (SSSR count). The van der Waals surface area contributed by atoms with E-state index in [4.69, 9.17) is 0 Å². The predicted molar refractivity (Wildman–Crippen MR) is 56.5 cm³/mol. The molecule has 15 heavy (non-hydrogen) atoms. The predicted octanol–water partition coefficient (Wildman–Crippen LogP) is 1.40. The lowest BCUT2D eigenvalue weighted by atomic mass is 9.90. The standard InChI is InChI=1S/C12H13NO2/c14-11(9-5-2-1-3-6-9)10-7-4-8-13-12(10)15/h1-3,5-6,10H,4,7-8H2,(H,13,15). The fourth-order valence-corrected chi connectivity index (χ4v) is 1.83. The van der Waals surface area contributed by atoms with Gasteiger partial charge in [0.15, 0.2) is 5.78 Å². The summed E-state index contributed by atoms with van der Waals surface area (Å²) in [6, 6.07) is 8.99. The Morgan fingerprint density at radius 2 is 2.00 bits per heavy atom. The molecular weight excluding hydrogens is 190 g/mol. The number of hydrogen-bond acceptors (Lipinski definition) is 2. The minimum absolute atomic E-state index is 0.0622. The van der Waals surface area contributed by atoms with Crippen LogP contribution in [0.3, 0.4) is 0 Å². The van der Waals surface area contributed by atoms with Crippen LogP contribution in [0.2, 0.25) is 0 Å². The molecule has 0 aromatic heterocycles. The summed E-state index contributed by atoms with van der Waals surface area (Å²) in [4.78, 5) is 23.4. The average Bonchev–Trinajstić information content (AvgIpc) is 2.30. The normalized spacial score (nSPS) is 20.8. The van der Waals surface area contributed by atoms with Crippen molar-refractivity contribution in [3.05, 3.63) is 35.9 Å². The Bertz CT molecular complexity index is 372. The second-order valence-electron chi connectivity index (χ2n) is 3.72. The molecule has 1 aromatic carbocycles. The summed E-state index contributed by atoms with van der Waals surface area (Å²) in [5.41, 5.74) is 0.625. The molecule has 3 nitrogen and oxygen atoms in total. The number of nitrogens with one attached hydrogen (secondary N) is 1. The zero-order valence-corrected chi connectivity index (χ0v) is 8.40. The zero-order valence-electron chi connectivity index (χ0n) is 8.40. The van der Waals surface area contributed by atoms with Crippen LogP contribution in [0.4, 0.5) is 0 Å². The molecule has 1 heterocycles. The van der Waals surface area contributed by atoms with Crippen LogP contribution < -0.4 is 5.32 Å². The summed E-state index contributed by atoms with van der Waals surface area (Å²) in [6.45, 7) is 0.692. The largest absolute Gasteiger partial charge is 0.355 e. The van der Waals surface area contributed by atoms with Crippen LogP contribution in [0.15, 0.2) is 30.3 Å². The summed E-state index contributed by atoms with van der Waals surface area (Å²) in [7, 11) is 0. The molecular formula is C12H13NO2. The third kappa shape index (κ3) is 2.06. The Morgan fingerprint density at radius 1 is 1.27 bits per heavy atom. The van der Waals surface area contributed by atoms with E-state index in [0.29, 0.717) is 18.5 Å². The molecule has 0 aliphatic carbocycles. The van der Waals surface area contributed by atoms with Gasteiger partial charge in [-0.05, 0) is 12.8 Å². The van der Waals surface area contributed by atoms with Gasteiger partial charge in [0.2, 0.25) is 5.91 Å². The zero-order chi connectivity index (χ0) is 10.7. The van der Waals surface area contributed by atoms with Gasteiger partial charge in [-0.3, -0.25) is 9.59 Å². The number of amides is 1. The van der Waals surface area contributed by atoms with Gasteiger partial charge in [-0.15, -0.1) is 0 Å². The number of carbonyl (C=O) groups is 2. The van der Waals surface area contributed by atoms with Gasteiger partial charge in [0.05, 0.1) is 0 Å². The second kappa shape index (κ2) is 4.26. The van der Waals surface area contributed by atoms with E-state index in [1.54, 1.807) is 12.1 Å². The van der Waals surface area contributed by atoms with Crippen molar-refractivity contribution >= 4 is 11.7 Å². The van der Waals surface area contributed by atoms with Gasteiger partial charge in [0, 0.05) is 12.1 Å². The van der Waals surface area contributed by atoms with E-state index in [1.165, 1.54) is 0 Å². The monoisotopic (exact) mass is 203 g/mol. The van der Waals surface area contributed by atoms with Gasteiger partial charge in [-0.2, -0.15) is 0 Å². The topological polar surface area (TPSA) is 46.2 Å². The first kappa shape index (κ1) is 9.90. The lowest BCUT2D eigenvalue weighted by Gasteiger charge is -2.20. The third-order valence-corrected chi connectivity index (χ3v) is 2.66. The van der Waals surface area contributed by atoms with Crippen molar-refractivity contribution in [1.29, 1.82) is 0 Å². The highest BCUT2D eigenvalue weighted by atomic mass is 16.2. The molecule has 0 spiro atoms. The molecule has 0 radical (unpaired) electrons. The summed E-state index contributed by atoms with van der Waals surface area (Å²) in [5.74, 6) is -0.677. The molecule has 1 aromatic rings. The van der Waals surface area contributed by atoms with Crippen LogP contribution in [0.5, 0.6) is 0 Å². The van der Waals surface area contributed by atoms with E-state index >= 15 is 0 Å². The summed E-state index contributed by atoms with van der Waals surface area (Å²) in [6.07, 6.45) is 1.55. The Kier molecular flexibility index (Phi) is 2.81. The minimum atomic E-state index is -0.485. The van der Waals surface area contributed by atoms with Crippen LogP contribution >= 0.6 is 0 Å². The van der Waals surface area contributed by atoms with E-state index in [-0.39, 0.29) is 11.7 Å². The number of Topliss-reactive ketones (excluding diaryl/α,β-unsaturated/α-hetero) is 1. The van der Waals surface area contributed by atoms with Gasteiger partial charge in [-0.1, -0.05) is 30.3 Å². The van der Waals surface area contributed by atoms with E-state index < -0.39 is 5.92 Å². The molecule has 1 N–H and O–H groups in total. The number of carbonyl (C=O) groups excluding carboxylic acids is 2. The van der Waals surface area contributed by atoms with Crippen molar-refractivity contribution < 1.29 is 9.59 Å². The first-order chi connectivity index (χ1) is 7.29. The third-order valence-electron chi connectivity index (χ3n) is 2.66. The Labute approximate surface area is 88.5 Å². The van der Waals surface area contributed by atoms with Crippen LogP contribution in [-0.2, 0) is 4.79 Å². The number of rotatable bonds is 2. The van der Waals surface area contributed by atoms with Crippen molar-refractivity contribution in [1.82, 2.24) is 5.32 Å². The Morgan fingerprint density at radius 3 is 2.67 bits per heavy atom. The highest BCUT2D eigenvalue weighted by Crippen LogP contribution is 2.17. The van der Waals surface area contributed by atoms with Crippen molar-refractivity contribution in [3.63, 3.8) is 0 Å². The van der Waals surface area contributed by atoms with Gasteiger partial charge in [-0.25, -0.2) is 0 Å². The molecule has 1 fully saturated rings. The molecule has 1 aliphatic heterocycles. The smallest absolute Gasteiger partial charge is 0.230 e. The Balaban J connectivity index is 2.17. The van der Waals surface area contributed by atoms with E-state index in [9.17, 15) is 9.59 Å². The first-order valence-electron chi connectivity index (χ1n) is 5.16. The van der Waals surface area contributed by atoms with Gasteiger partial charge < -0.3 is 5.32 Å². The molecule has 1 saturated heterocycles. The quantitative estimate of drug-likeness (QED) is 0.583. The minimum Gasteiger partial charge on any atom is -0.355 e. The highest BCUT2D eigenvalue weighted by molar-refractivity contribution is 6.10. The fraction of sp³-hybridized carbons (Fsp3) is 0.333. The molecule has 78 valence electrons. The number of piperidine rings is 1. The van der Waals surface area contributed by atoms with Crippen LogP contribution in [0, 0.1) is 5.92 Å². The summed E-state index contributed by atoms with van der Waals surface area (Å²) < 4.78 is 0. The molecule has 1 unspecified atom stereocenters. The van der Waals surface area contributed by atoms with Crippen LogP contribution in [0.25, 0.3) is 0 Å². The SMILES string of the molecule is O=C1NCCCC1C(=O)c1ccccc1. The van der Waals surface area contributed by atoms with Crippen LogP contribution in [0.1, 0.15) is 23.2 Å². The van der Waals surface area contributed by atoms with Crippen molar-refractivity contribution in [3.8, 4) is 0 Å². The molecule has 1 aliphatic rings. The maximum absolute atomic E-state index is 11.9. The van der Waals surface area contributed by atoms with Crippen LogP contribution in [-0.4, -0.2) is 18.2 Å². The lowest BCUT2D eigenvalue weighted by molar-refractivity contribution is -0.124.